The molecule has 3 rings (SSSR count). The Morgan fingerprint density at radius 2 is 2.05 bits per heavy atom. The van der Waals surface area contributed by atoms with Crippen LogP contribution in [0.15, 0.2) is 10.9 Å². The standard InChI is InChI=1S/C14H21N3OS/c1-10(2)3-16-4-11-6-17(7-12(11)5-16)14(18)13-8-19-9-15-13/h8-12H,3-7H2,1-2H3. The number of carbonyl (C=O) groups is 1. The molecule has 1 aromatic rings. The summed E-state index contributed by atoms with van der Waals surface area (Å²) < 4.78 is 0. The highest BCUT2D eigenvalue weighted by Gasteiger charge is 2.41. The first-order chi connectivity index (χ1) is 9.13. The molecule has 0 N–H and O–H groups in total. The Labute approximate surface area is 118 Å². The molecule has 0 aromatic carbocycles. The van der Waals surface area contributed by atoms with Crippen molar-refractivity contribution >= 4 is 17.2 Å². The van der Waals surface area contributed by atoms with E-state index < -0.39 is 0 Å². The molecule has 0 radical (unpaired) electrons. The predicted molar refractivity (Wildman–Crippen MR) is 76.3 cm³/mol. The molecule has 2 saturated heterocycles. The summed E-state index contributed by atoms with van der Waals surface area (Å²) in [4.78, 5) is 20.9. The number of nitrogens with zero attached hydrogens (tertiary/aromatic N) is 3. The molecule has 0 saturated carbocycles. The van der Waals surface area contributed by atoms with Crippen molar-refractivity contribution in [3.63, 3.8) is 0 Å². The summed E-state index contributed by atoms with van der Waals surface area (Å²) in [5.74, 6) is 2.18. The molecule has 19 heavy (non-hydrogen) atoms. The highest BCUT2D eigenvalue weighted by atomic mass is 32.1. The van der Waals surface area contributed by atoms with Crippen molar-refractivity contribution < 1.29 is 4.79 Å². The SMILES string of the molecule is CC(C)CN1CC2CN(C(=O)c3cscn3)CC2C1. The Morgan fingerprint density at radius 3 is 2.58 bits per heavy atom. The summed E-state index contributed by atoms with van der Waals surface area (Å²) in [5.41, 5.74) is 2.35. The zero-order chi connectivity index (χ0) is 13.4. The van der Waals surface area contributed by atoms with Crippen molar-refractivity contribution in [3.05, 3.63) is 16.6 Å². The van der Waals surface area contributed by atoms with Crippen LogP contribution in [0.3, 0.4) is 0 Å². The Balaban J connectivity index is 1.58. The summed E-state index contributed by atoms with van der Waals surface area (Å²) in [5, 5.41) is 1.85. The quantitative estimate of drug-likeness (QED) is 0.846. The molecule has 3 heterocycles. The van der Waals surface area contributed by atoms with Crippen molar-refractivity contribution in [1.29, 1.82) is 0 Å². The molecule has 1 amide bonds. The van der Waals surface area contributed by atoms with Crippen LogP contribution in [0.25, 0.3) is 0 Å². The van der Waals surface area contributed by atoms with Crippen LogP contribution in [0.1, 0.15) is 24.3 Å². The van der Waals surface area contributed by atoms with Gasteiger partial charge in [-0.1, -0.05) is 13.8 Å². The third-order valence-corrected chi connectivity index (χ3v) is 4.71. The highest BCUT2D eigenvalue weighted by Crippen LogP contribution is 2.32. The average molecular weight is 279 g/mol. The van der Waals surface area contributed by atoms with Crippen LogP contribution < -0.4 is 0 Å². The van der Waals surface area contributed by atoms with Crippen molar-refractivity contribution in [2.24, 2.45) is 17.8 Å². The number of thiazole rings is 1. The van der Waals surface area contributed by atoms with E-state index in [1.54, 1.807) is 5.51 Å². The van der Waals surface area contributed by atoms with Crippen LogP contribution in [-0.4, -0.2) is 53.4 Å². The van der Waals surface area contributed by atoms with Gasteiger partial charge in [0.05, 0.1) is 5.51 Å². The van der Waals surface area contributed by atoms with Crippen molar-refractivity contribution in [1.82, 2.24) is 14.8 Å². The lowest BCUT2D eigenvalue weighted by molar-refractivity contribution is 0.0768. The predicted octanol–water partition coefficient (Wildman–Crippen LogP) is 1.80. The van der Waals surface area contributed by atoms with Crippen LogP contribution >= 0.6 is 11.3 Å². The van der Waals surface area contributed by atoms with Gasteiger partial charge in [0.2, 0.25) is 0 Å². The second kappa shape index (κ2) is 5.21. The first-order valence-electron chi connectivity index (χ1n) is 7.03. The van der Waals surface area contributed by atoms with Crippen LogP contribution in [0.5, 0.6) is 0 Å². The number of rotatable bonds is 3. The Bertz CT molecular complexity index is 432. The molecular formula is C14H21N3OS. The molecule has 0 spiro atoms. The Morgan fingerprint density at radius 1 is 1.37 bits per heavy atom. The number of hydrogen-bond acceptors (Lipinski definition) is 4. The number of hydrogen-bond donors (Lipinski definition) is 0. The monoisotopic (exact) mass is 279 g/mol. The largest absolute Gasteiger partial charge is 0.337 e. The van der Waals surface area contributed by atoms with Gasteiger partial charge >= 0.3 is 0 Å². The second-order valence-corrected chi connectivity index (χ2v) is 6.94. The Kier molecular flexibility index (Phi) is 3.58. The first-order valence-corrected chi connectivity index (χ1v) is 7.97. The number of amides is 1. The van der Waals surface area contributed by atoms with E-state index in [2.05, 4.69) is 23.7 Å². The fourth-order valence-electron chi connectivity index (χ4n) is 3.40. The van der Waals surface area contributed by atoms with Gasteiger partial charge in [0.15, 0.2) is 0 Å². The zero-order valence-corrected chi connectivity index (χ0v) is 12.4. The fourth-order valence-corrected chi connectivity index (χ4v) is 3.93. The molecule has 2 fully saturated rings. The molecule has 2 aliphatic rings. The molecule has 2 atom stereocenters. The minimum Gasteiger partial charge on any atom is -0.337 e. The van der Waals surface area contributed by atoms with Crippen LogP contribution in [0, 0.1) is 17.8 Å². The van der Waals surface area contributed by atoms with Gasteiger partial charge in [-0.2, -0.15) is 0 Å². The minimum absolute atomic E-state index is 0.117. The summed E-state index contributed by atoms with van der Waals surface area (Å²) in [6.45, 7) is 9.87. The highest BCUT2D eigenvalue weighted by molar-refractivity contribution is 7.07. The van der Waals surface area contributed by atoms with Crippen molar-refractivity contribution in [2.45, 2.75) is 13.8 Å². The molecular weight excluding hydrogens is 258 g/mol. The lowest BCUT2D eigenvalue weighted by Crippen LogP contribution is -2.34. The van der Waals surface area contributed by atoms with E-state index in [0.29, 0.717) is 17.5 Å². The van der Waals surface area contributed by atoms with Gasteiger partial charge in [-0.05, 0) is 17.8 Å². The number of aromatic nitrogens is 1. The smallest absolute Gasteiger partial charge is 0.273 e. The second-order valence-electron chi connectivity index (χ2n) is 6.22. The summed E-state index contributed by atoms with van der Waals surface area (Å²) >= 11 is 1.49. The average Bonchev–Trinajstić information content (AvgIpc) is 3.00. The lowest BCUT2D eigenvalue weighted by atomic mass is 10.0. The molecule has 104 valence electrons. The van der Waals surface area contributed by atoms with Crippen molar-refractivity contribution in [2.75, 3.05) is 32.7 Å². The van der Waals surface area contributed by atoms with Gasteiger partial charge in [0.1, 0.15) is 5.69 Å². The minimum atomic E-state index is 0.117. The van der Waals surface area contributed by atoms with E-state index in [1.165, 1.54) is 17.9 Å². The molecule has 5 heteroatoms. The number of carbonyl (C=O) groups excluding carboxylic acids is 1. The van der Waals surface area contributed by atoms with Gasteiger partial charge in [-0.3, -0.25) is 4.79 Å². The third-order valence-electron chi connectivity index (χ3n) is 4.12. The van der Waals surface area contributed by atoms with Gasteiger partial charge in [0, 0.05) is 38.1 Å². The lowest BCUT2D eigenvalue weighted by Gasteiger charge is -2.22. The van der Waals surface area contributed by atoms with Crippen molar-refractivity contribution in [3.8, 4) is 0 Å². The molecule has 2 aliphatic heterocycles. The van der Waals surface area contributed by atoms with Gasteiger partial charge < -0.3 is 9.80 Å². The summed E-state index contributed by atoms with van der Waals surface area (Å²) in [6, 6.07) is 0. The first kappa shape index (κ1) is 13.1. The van der Waals surface area contributed by atoms with Crippen LogP contribution in [-0.2, 0) is 0 Å². The third kappa shape index (κ3) is 2.67. The number of fused-ring (bicyclic) bond motifs is 1. The fraction of sp³-hybridized carbons (Fsp3) is 0.714. The molecule has 0 aliphatic carbocycles. The normalized spacial score (nSPS) is 27.2. The van der Waals surface area contributed by atoms with Gasteiger partial charge in [-0.15, -0.1) is 11.3 Å². The van der Waals surface area contributed by atoms with Gasteiger partial charge in [0.25, 0.3) is 5.91 Å². The van der Waals surface area contributed by atoms with E-state index in [1.807, 2.05) is 10.3 Å². The summed E-state index contributed by atoms with van der Waals surface area (Å²) in [7, 11) is 0. The van der Waals surface area contributed by atoms with E-state index in [4.69, 9.17) is 0 Å². The van der Waals surface area contributed by atoms with Crippen LogP contribution in [0.4, 0.5) is 0 Å². The Hall–Kier alpha value is -0.940. The van der Waals surface area contributed by atoms with Gasteiger partial charge in [-0.25, -0.2) is 4.98 Å². The van der Waals surface area contributed by atoms with E-state index >= 15 is 0 Å². The molecule has 2 unspecified atom stereocenters. The topological polar surface area (TPSA) is 36.4 Å². The zero-order valence-electron chi connectivity index (χ0n) is 11.6. The number of likely N-dealkylation sites (tertiary alicyclic amines) is 2. The maximum absolute atomic E-state index is 12.3. The summed E-state index contributed by atoms with van der Waals surface area (Å²) in [6.07, 6.45) is 0. The molecule has 4 nitrogen and oxygen atoms in total. The van der Waals surface area contributed by atoms with Crippen LogP contribution in [0.2, 0.25) is 0 Å². The maximum Gasteiger partial charge on any atom is 0.273 e. The molecule has 0 bridgehead atoms. The maximum atomic E-state index is 12.3. The van der Waals surface area contributed by atoms with E-state index in [-0.39, 0.29) is 5.91 Å². The molecule has 1 aromatic heterocycles. The van der Waals surface area contributed by atoms with E-state index in [0.717, 1.165) is 32.1 Å². The van der Waals surface area contributed by atoms with E-state index in [9.17, 15) is 4.79 Å².